The largest absolute Gasteiger partial charge is 0.494 e. The smallest absolute Gasteiger partial charge is 0.211 e. The summed E-state index contributed by atoms with van der Waals surface area (Å²) in [5, 5.41) is 8.71. The zero-order chi connectivity index (χ0) is 20.6. The first-order valence-electron chi connectivity index (χ1n) is 10.1. The third-order valence-corrected chi connectivity index (χ3v) is 6.19. The first kappa shape index (κ1) is 21.3. The molecule has 29 heavy (non-hydrogen) atoms. The number of nitrogens with two attached hydrogens (primary N) is 2. The molecule has 1 aliphatic heterocycles. The van der Waals surface area contributed by atoms with Crippen LogP contribution in [0.25, 0.3) is 10.6 Å². The molecule has 156 valence electrons. The molecule has 2 heterocycles. The lowest BCUT2D eigenvalue weighted by atomic mass is 10.2. The highest BCUT2D eigenvalue weighted by Crippen LogP contribution is 2.29. The van der Waals surface area contributed by atoms with Crippen LogP contribution in [0.15, 0.2) is 34.5 Å². The predicted molar refractivity (Wildman–Crippen MR) is 121 cm³/mol. The van der Waals surface area contributed by atoms with Crippen LogP contribution >= 0.6 is 11.3 Å². The van der Waals surface area contributed by atoms with Gasteiger partial charge in [-0.1, -0.05) is 0 Å². The quantitative estimate of drug-likeness (QED) is 0.283. The zero-order valence-corrected chi connectivity index (χ0v) is 18.0. The van der Waals surface area contributed by atoms with Crippen molar-refractivity contribution in [2.24, 2.45) is 21.7 Å². The van der Waals surface area contributed by atoms with E-state index in [1.807, 2.05) is 38.1 Å². The second-order valence-corrected chi connectivity index (χ2v) is 8.27. The maximum Gasteiger partial charge on any atom is 0.211 e. The number of guanidine groups is 1. The Labute approximate surface area is 176 Å². The number of nitrogens with zero attached hydrogens (tertiary/aromatic N) is 4. The van der Waals surface area contributed by atoms with Gasteiger partial charge in [-0.2, -0.15) is 5.10 Å². The Bertz CT molecular complexity index is 849. The summed E-state index contributed by atoms with van der Waals surface area (Å²) in [7, 11) is 0. The Balaban J connectivity index is 1.52. The number of rotatable bonds is 9. The molecule has 0 atom stereocenters. The molecular weight excluding hydrogens is 384 g/mol. The molecule has 0 bridgehead atoms. The van der Waals surface area contributed by atoms with Crippen LogP contribution in [-0.4, -0.2) is 47.8 Å². The van der Waals surface area contributed by atoms with E-state index in [2.05, 4.69) is 20.1 Å². The van der Waals surface area contributed by atoms with Crippen LogP contribution in [0.4, 0.5) is 0 Å². The van der Waals surface area contributed by atoms with Crippen LogP contribution < -0.4 is 16.2 Å². The van der Waals surface area contributed by atoms with E-state index in [9.17, 15) is 0 Å². The minimum absolute atomic E-state index is 0.0571. The van der Waals surface area contributed by atoms with Crippen molar-refractivity contribution in [1.29, 1.82) is 0 Å². The van der Waals surface area contributed by atoms with Crippen LogP contribution in [0.2, 0.25) is 0 Å². The monoisotopic (exact) mass is 414 g/mol. The van der Waals surface area contributed by atoms with Gasteiger partial charge < -0.3 is 21.1 Å². The van der Waals surface area contributed by atoms with E-state index >= 15 is 0 Å². The molecule has 1 aromatic carbocycles. The molecule has 3 rings (SSSR count). The van der Waals surface area contributed by atoms with E-state index in [1.165, 1.54) is 38.9 Å². The van der Waals surface area contributed by atoms with Crippen LogP contribution in [0.3, 0.4) is 0 Å². The molecule has 0 aliphatic carbocycles. The number of thiazole rings is 1. The van der Waals surface area contributed by atoms with Crippen molar-refractivity contribution in [3.8, 4) is 16.3 Å². The summed E-state index contributed by atoms with van der Waals surface area (Å²) in [6.07, 6.45) is 4.99. The average molecular weight is 415 g/mol. The number of aromatic nitrogens is 1. The fourth-order valence-corrected chi connectivity index (χ4v) is 4.37. The standard InChI is InChI=1S/C21H30N6OS/c1-15-19(16(2)25-26-21(22)23)29-20(24-15)17-7-9-18(10-8-17)28-14-6-5-13-27-11-3-4-12-27/h7-10H,3-6,11-14H2,1-2H3,(H4,22,23,26)/b25-16+. The topological polar surface area (TPSA) is 102 Å². The van der Waals surface area contributed by atoms with E-state index in [1.54, 1.807) is 11.3 Å². The van der Waals surface area contributed by atoms with Crippen LogP contribution in [0.5, 0.6) is 5.75 Å². The van der Waals surface area contributed by atoms with Crippen molar-refractivity contribution in [1.82, 2.24) is 9.88 Å². The van der Waals surface area contributed by atoms with Gasteiger partial charge >= 0.3 is 0 Å². The van der Waals surface area contributed by atoms with Gasteiger partial charge in [0.15, 0.2) is 0 Å². The fourth-order valence-electron chi connectivity index (χ4n) is 3.36. The molecule has 1 aromatic heterocycles. The van der Waals surface area contributed by atoms with Gasteiger partial charge in [-0.15, -0.1) is 16.4 Å². The van der Waals surface area contributed by atoms with Gasteiger partial charge in [0.2, 0.25) is 5.96 Å². The van der Waals surface area contributed by atoms with Crippen LogP contribution in [-0.2, 0) is 0 Å². The molecule has 1 aliphatic rings. The lowest BCUT2D eigenvalue weighted by molar-refractivity contribution is 0.280. The van der Waals surface area contributed by atoms with Gasteiger partial charge in [-0.25, -0.2) is 4.98 Å². The zero-order valence-electron chi connectivity index (χ0n) is 17.2. The van der Waals surface area contributed by atoms with Gasteiger partial charge in [0.05, 0.1) is 22.9 Å². The molecule has 7 nitrogen and oxygen atoms in total. The summed E-state index contributed by atoms with van der Waals surface area (Å²) in [5.41, 5.74) is 13.4. The molecule has 0 unspecified atom stereocenters. The second-order valence-electron chi connectivity index (χ2n) is 7.27. The number of likely N-dealkylation sites (tertiary alicyclic amines) is 1. The minimum Gasteiger partial charge on any atom is -0.494 e. The van der Waals surface area contributed by atoms with Gasteiger partial charge in [0, 0.05) is 5.56 Å². The maximum absolute atomic E-state index is 5.89. The Kier molecular flexibility index (Phi) is 7.60. The Morgan fingerprint density at radius 1 is 1.14 bits per heavy atom. The predicted octanol–water partition coefficient (Wildman–Crippen LogP) is 3.37. The third-order valence-electron chi connectivity index (χ3n) is 4.88. The molecule has 4 N–H and O–H groups in total. The van der Waals surface area contributed by atoms with Crippen molar-refractivity contribution in [3.05, 3.63) is 34.8 Å². The number of hydrogen-bond acceptors (Lipinski definition) is 6. The van der Waals surface area contributed by atoms with Gasteiger partial charge in [-0.3, -0.25) is 0 Å². The Morgan fingerprint density at radius 2 is 1.86 bits per heavy atom. The highest BCUT2D eigenvalue weighted by atomic mass is 32.1. The number of unbranched alkanes of at least 4 members (excludes halogenated alkanes) is 1. The SMILES string of the molecule is C/C(=N\N=C(N)N)c1sc(-c2ccc(OCCCCN3CCCC3)cc2)nc1C. The third kappa shape index (κ3) is 6.27. The van der Waals surface area contributed by atoms with Crippen molar-refractivity contribution in [3.63, 3.8) is 0 Å². The summed E-state index contributed by atoms with van der Waals surface area (Å²) in [6.45, 7) is 8.31. The van der Waals surface area contributed by atoms with E-state index in [0.717, 1.165) is 45.6 Å². The molecule has 1 fully saturated rings. The first-order chi connectivity index (χ1) is 14.0. The highest BCUT2D eigenvalue weighted by Gasteiger charge is 2.12. The first-order valence-corrected chi connectivity index (χ1v) is 10.9. The van der Waals surface area contributed by atoms with Crippen LogP contribution in [0.1, 0.15) is 43.2 Å². The molecule has 1 saturated heterocycles. The number of aryl methyl sites for hydroxylation is 1. The number of hydrogen-bond donors (Lipinski definition) is 2. The highest BCUT2D eigenvalue weighted by molar-refractivity contribution is 7.17. The van der Waals surface area contributed by atoms with E-state index in [0.29, 0.717) is 0 Å². The Morgan fingerprint density at radius 3 is 2.55 bits per heavy atom. The number of ether oxygens (including phenoxy) is 1. The maximum atomic E-state index is 5.89. The fraction of sp³-hybridized carbons (Fsp3) is 0.476. The summed E-state index contributed by atoms with van der Waals surface area (Å²) < 4.78 is 5.89. The van der Waals surface area contributed by atoms with Crippen molar-refractivity contribution >= 4 is 23.0 Å². The molecule has 8 heteroatoms. The lowest BCUT2D eigenvalue weighted by Crippen LogP contribution is -2.22. The van der Waals surface area contributed by atoms with Crippen molar-refractivity contribution in [2.75, 3.05) is 26.2 Å². The van der Waals surface area contributed by atoms with Gasteiger partial charge in [0.1, 0.15) is 10.8 Å². The second kappa shape index (κ2) is 10.4. The molecule has 0 spiro atoms. The summed E-state index contributed by atoms with van der Waals surface area (Å²) >= 11 is 1.58. The summed E-state index contributed by atoms with van der Waals surface area (Å²) in [5.74, 6) is 0.840. The summed E-state index contributed by atoms with van der Waals surface area (Å²) in [6, 6.07) is 8.10. The van der Waals surface area contributed by atoms with Gasteiger partial charge in [-0.05, 0) is 83.4 Å². The molecular formula is C21H30N6OS. The molecule has 2 aromatic rings. The summed E-state index contributed by atoms with van der Waals surface area (Å²) in [4.78, 5) is 8.18. The van der Waals surface area contributed by atoms with Crippen LogP contribution in [0, 0.1) is 6.92 Å². The van der Waals surface area contributed by atoms with Gasteiger partial charge in [0.25, 0.3) is 0 Å². The van der Waals surface area contributed by atoms with E-state index in [4.69, 9.17) is 16.2 Å². The normalized spacial score (nSPS) is 14.9. The van der Waals surface area contributed by atoms with E-state index < -0.39 is 0 Å². The van der Waals surface area contributed by atoms with Crippen molar-refractivity contribution < 1.29 is 4.74 Å². The molecule has 0 amide bonds. The van der Waals surface area contributed by atoms with Crippen molar-refractivity contribution in [2.45, 2.75) is 39.5 Å². The number of benzene rings is 1. The average Bonchev–Trinajstić information content (AvgIpc) is 3.36. The van der Waals surface area contributed by atoms with E-state index in [-0.39, 0.29) is 5.96 Å². The molecule has 0 saturated carbocycles. The lowest BCUT2D eigenvalue weighted by Gasteiger charge is -2.14. The molecule has 0 radical (unpaired) electrons. The Hall–Kier alpha value is -2.45. The minimum atomic E-state index is -0.0571.